The fourth-order valence-corrected chi connectivity index (χ4v) is 5.01. The molecule has 1 heteroatoms. The molecule has 1 aromatic carbocycles. The monoisotopic (exact) mass is 297 g/mol. The van der Waals surface area contributed by atoms with Crippen molar-refractivity contribution in [2.45, 2.75) is 58.9 Å². The Bertz CT molecular complexity index is 545. The van der Waals surface area contributed by atoms with Gasteiger partial charge in [-0.3, -0.25) is 4.90 Å². The van der Waals surface area contributed by atoms with E-state index in [4.69, 9.17) is 0 Å². The van der Waals surface area contributed by atoms with Crippen molar-refractivity contribution in [3.05, 3.63) is 41.5 Å². The van der Waals surface area contributed by atoms with E-state index in [1.54, 1.807) is 5.57 Å². The molecule has 0 N–H and O–H groups in total. The van der Waals surface area contributed by atoms with Gasteiger partial charge in [0.1, 0.15) is 0 Å². The Hall–Kier alpha value is -1.08. The number of benzene rings is 1. The molecule has 3 unspecified atom stereocenters. The molecule has 1 aromatic rings. The average molecular weight is 297 g/mol. The van der Waals surface area contributed by atoms with Crippen molar-refractivity contribution in [1.29, 1.82) is 0 Å². The fraction of sp³-hybridized carbons (Fsp3) is 0.619. The van der Waals surface area contributed by atoms with Gasteiger partial charge in [0, 0.05) is 19.1 Å². The van der Waals surface area contributed by atoms with Crippen LogP contribution in [0.3, 0.4) is 0 Å². The van der Waals surface area contributed by atoms with Crippen LogP contribution in [-0.2, 0) is 6.42 Å². The van der Waals surface area contributed by atoms with Crippen LogP contribution in [0, 0.1) is 11.8 Å². The molecule has 3 fully saturated rings. The fourth-order valence-electron chi connectivity index (χ4n) is 5.01. The first kappa shape index (κ1) is 15.8. The van der Waals surface area contributed by atoms with Gasteiger partial charge in [-0.2, -0.15) is 0 Å². The van der Waals surface area contributed by atoms with Crippen molar-refractivity contribution < 1.29 is 0 Å². The molecule has 4 aliphatic rings. The van der Waals surface area contributed by atoms with Crippen LogP contribution in [0.4, 0.5) is 0 Å². The number of allylic oxidation sites excluding steroid dienone is 1. The molecule has 2 heterocycles. The van der Waals surface area contributed by atoms with Crippen LogP contribution in [0.5, 0.6) is 0 Å². The maximum atomic E-state index is 2.83. The summed E-state index contributed by atoms with van der Waals surface area (Å²) in [4.78, 5) is 2.83. The maximum absolute atomic E-state index is 2.83. The van der Waals surface area contributed by atoms with Gasteiger partial charge in [-0.15, -0.1) is 0 Å². The van der Waals surface area contributed by atoms with Crippen LogP contribution in [0.1, 0.15) is 57.6 Å². The molecule has 2 bridgehead atoms. The third-order valence-corrected chi connectivity index (χ3v) is 6.14. The molecule has 1 nitrogen and oxygen atoms in total. The highest BCUT2D eigenvalue weighted by atomic mass is 15.2. The minimum atomic E-state index is 0. The van der Waals surface area contributed by atoms with Crippen molar-refractivity contribution in [2.75, 3.05) is 13.1 Å². The van der Waals surface area contributed by atoms with Crippen LogP contribution >= 0.6 is 0 Å². The predicted molar refractivity (Wildman–Crippen MR) is 96.0 cm³/mol. The van der Waals surface area contributed by atoms with E-state index in [0.29, 0.717) is 0 Å². The maximum Gasteiger partial charge on any atom is 0.0124 e. The normalized spacial score (nSPS) is 29.9. The molecular formula is C21H31N. The van der Waals surface area contributed by atoms with Gasteiger partial charge in [0.15, 0.2) is 0 Å². The number of hydrogen-bond acceptors (Lipinski definition) is 1. The summed E-state index contributed by atoms with van der Waals surface area (Å²) in [5.41, 5.74) is 4.64. The Kier molecular flexibility index (Phi) is 4.73. The molecule has 1 saturated carbocycles. The van der Waals surface area contributed by atoms with Crippen molar-refractivity contribution in [2.24, 2.45) is 11.8 Å². The standard InChI is InChI=1S/C20H27N.CH4/c1-2-16-13-15-7-10-20(16)21(14-15)12-11-18-9-8-17-5-3-4-6-19(17)18;/h3-6,9,15-16,20H,2,7-8,10-14H2,1H3;1H4. The van der Waals surface area contributed by atoms with Crippen LogP contribution in [0.2, 0.25) is 0 Å². The SMILES string of the molecule is C.CCC1CC2CCC1N(CCC1=CCc3ccccc31)C2. The first-order valence-corrected chi connectivity index (χ1v) is 8.86. The average Bonchev–Trinajstić information content (AvgIpc) is 2.96. The summed E-state index contributed by atoms with van der Waals surface area (Å²) in [7, 11) is 0. The molecule has 5 rings (SSSR count). The molecule has 3 atom stereocenters. The lowest BCUT2D eigenvalue weighted by atomic mass is 9.71. The zero-order valence-corrected chi connectivity index (χ0v) is 13.2. The first-order chi connectivity index (χ1) is 10.3. The Morgan fingerprint density at radius 1 is 1.18 bits per heavy atom. The van der Waals surface area contributed by atoms with Crippen LogP contribution < -0.4 is 0 Å². The zero-order chi connectivity index (χ0) is 14.2. The van der Waals surface area contributed by atoms with Gasteiger partial charge >= 0.3 is 0 Å². The summed E-state index contributed by atoms with van der Waals surface area (Å²) in [5.74, 6) is 1.96. The Balaban J connectivity index is 0.00000144. The molecule has 0 radical (unpaired) electrons. The molecule has 0 spiro atoms. The van der Waals surface area contributed by atoms with Crippen LogP contribution in [0.15, 0.2) is 30.3 Å². The minimum absolute atomic E-state index is 0. The lowest BCUT2D eigenvalue weighted by molar-refractivity contribution is 0.00143. The summed E-state index contributed by atoms with van der Waals surface area (Å²) in [6, 6.07) is 9.84. The first-order valence-electron chi connectivity index (χ1n) is 8.86. The summed E-state index contributed by atoms with van der Waals surface area (Å²) < 4.78 is 0. The molecule has 22 heavy (non-hydrogen) atoms. The molecule has 0 amide bonds. The Labute approximate surface area is 136 Å². The number of rotatable bonds is 4. The van der Waals surface area contributed by atoms with Crippen molar-refractivity contribution >= 4 is 5.57 Å². The number of hydrogen-bond donors (Lipinski definition) is 0. The van der Waals surface area contributed by atoms with Gasteiger partial charge in [0.2, 0.25) is 0 Å². The molecule has 2 aliphatic heterocycles. The molecular weight excluding hydrogens is 266 g/mol. The van der Waals surface area contributed by atoms with E-state index in [2.05, 4.69) is 42.2 Å². The van der Waals surface area contributed by atoms with E-state index in [1.165, 1.54) is 56.3 Å². The summed E-state index contributed by atoms with van der Waals surface area (Å²) in [6.45, 7) is 5.03. The smallest absolute Gasteiger partial charge is 0.0124 e. The van der Waals surface area contributed by atoms with Gasteiger partial charge < -0.3 is 0 Å². The predicted octanol–water partition coefficient (Wildman–Crippen LogP) is 5.16. The summed E-state index contributed by atoms with van der Waals surface area (Å²) in [5, 5.41) is 0. The third kappa shape index (κ3) is 2.76. The number of fused-ring (bicyclic) bond motifs is 4. The van der Waals surface area contributed by atoms with E-state index in [-0.39, 0.29) is 7.43 Å². The third-order valence-electron chi connectivity index (χ3n) is 6.14. The Morgan fingerprint density at radius 2 is 2.05 bits per heavy atom. The molecule has 0 aromatic heterocycles. The zero-order valence-electron chi connectivity index (χ0n) is 13.2. The second kappa shape index (κ2) is 6.58. The van der Waals surface area contributed by atoms with Gasteiger partial charge in [-0.05, 0) is 60.6 Å². The largest absolute Gasteiger partial charge is 0.300 e. The van der Waals surface area contributed by atoms with Gasteiger partial charge in [0.25, 0.3) is 0 Å². The quantitative estimate of drug-likeness (QED) is 0.741. The van der Waals surface area contributed by atoms with Gasteiger partial charge in [0.05, 0.1) is 0 Å². The lowest BCUT2D eigenvalue weighted by Crippen LogP contribution is -2.53. The second-order valence-electron chi connectivity index (χ2n) is 7.25. The number of piperidine rings is 2. The van der Waals surface area contributed by atoms with Crippen molar-refractivity contribution in [3.8, 4) is 0 Å². The van der Waals surface area contributed by atoms with Gasteiger partial charge in [-0.25, -0.2) is 0 Å². The Morgan fingerprint density at radius 3 is 2.86 bits per heavy atom. The minimum Gasteiger partial charge on any atom is -0.300 e. The molecule has 2 saturated heterocycles. The lowest BCUT2D eigenvalue weighted by Gasteiger charge is -2.50. The van der Waals surface area contributed by atoms with E-state index < -0.39 is 0 Å². The molecule has 2 aliphatic carbocycles. The van der Waals surface area contributed by atoms with E-state index in [1.807, 2.05) is 0 Å². The van der Waals surface area contributed by atoms with E-state index in [9.17, 15) is 0 Å². The summed E-state index contributed by atoms with van der Waals surface area (Å²) >= 11 is 0. The molecule has 120 valence electrons. The van der Waals surface area contributed by atoms with Gasteiger partial charge in [-0.1, -0.05) is 51.1 Å². The highest BCUT2D eigenvalue weighted by Gasteiger charge is 2.39. The van der Waals surface area contributed by atoms with E-state index >= 15 is 0 Å². The highest BCUT2D eigenvalue weighted by Crippen LogP contribution is 2.41. The van der Waals surface area contributed by atoms with E-state index in [0.717, 1.165) is 24.3 Å². The highest BCUT2D eigenvalue weighted by molar-refractivity contribution is 5.73. The van der Waals surface area contributed by atoms with Crippen molar-refractivity contribution in [3.63, 3.8) is 0 Å². The van der Waals surface area contributed by atoms with Crippen LogP contribution in [-0.4, -0.2) is 24.0 Å². The second-order valence-corrected chi connectivity index (χ2v) is 7.25. The van der Waals surface area contributed by atoms with Crippen LogP contribution in [0.25, 0.3) is 5.57 Å². The topological polar surface area (TPSA) is 3.24 Å². The summed E-state index contributed by atoms with van der Waals surface area (Å²) in [6.07, 6.45) is 10.7. The number of nitrogens with zero attached hydrogens (tertiary/aromatic N) is 1. The van der Waals surface area contributed by atoms with Crippen molar-refractivity contribution in [1.82, 2.24) is 4.90 Å².